The molecular formula is C21H27N9O3. The molecule has 0 radical (unpaired) electrons. The van der Waals surface area contributed by atoms with Crippen LogP contribution in [0.15, 0.2) is 30.5 Å². The minimum Gasteiger partial charge on any atom is -0.370 e. The predicted molar refractivity (Wildman–Crippen MR) is 119 cm³/mol. The highest BCUT2D eigenvalue weighted by molar-refractivity contribution is 5.74. The number of anilines is 1. The second kappa shape index (κ2) is 9.35. The first kappa shape index (κ1) is 22.4. The highest BCUT2D eigenvalue weighted by Gasteiger charge is 2.32. The van der Waals surface area contributed by atoms with Gasteiger partial charge in [0.2, 0.25) is 5.91 Å². The predicted octanol–water partition coefficient (Wildman–Crippen LogP) is 2.44. The molecule has 1 aliphatic carbocycles. The maximum atomic E-state index is 11.9. The number of nitrogens with one attached hydrogen (secondary N) is 1. The van der Waals surface area contributed by atoms with Crippen LogP contribution in [0.25, 0.3) is 0 Å². The first-order valence-electron chi connectivity index (χ1n) is 10.9. The quantitative estimate of drug-likeness (QED) is 0.365. The molecule has 1 aliphatic rings. The third-order valence-corrected chi connectivity index (χ3v) is 5.57. The fourth-order valence-corrected chi connectivity index (χ4v) is 3.84. The Labute approximate surface area is 190 Å². The Bertz CT molecular complexity index is 1130. The van der Waals surface area contributed by atoms with Gasteiger partial charge in [0.15, 0.2) is 11.5 Å². The number of amides is 1. The van der Waals surface area contributed by atoms with Crippen LogP contribution in [0, 0.1) is 10.1 Å². The molecule has 0 bridgehead atoms. The summed E-state index contributed by atoms with van der Waals surface area (Å²) in [6, 6.07) is 7.28. The number of aromatic nitrogens is 6. The van der Waals surface area contributed by atoms with Crippen molar-refractivity contribution in [2.24, 2.45) is 7.05 Å². The van der Waals surface area contributed by atoms with Gasteiger partial charge in [0.1, 0.15) is 12.2 Å². The van der Waals surface area contributed by atoms with Crippen LogP contribution in [0.3, 0.4) is 0 Å². The zero-order valence-corrected chi connectivity index (χ0v) is 18.9. The van der Waals surface area contributed by atoms with Crippen LogP contribution in [-0.4, -0.2) is 51.8 Å². The molecule has 1 atom stereocenters. The molecule has 1 amide bonds. The van der Waals surface area contributed by atoms with E-state index in [2.05, 4.69) is 25.9 Å². The van der Waals surface area contributed by atoms with Gasteiger partial charge in [-0.2, -0.15) is 5.10 Å². The third-order valence-electron chi connectivity index (χ3n) is 5.57. The summed E-state index contributed by atoms with van der Waals surface area (Å²) >= 11 is 0. The third kappa shape index (κ3) is 4.99. The molecule has 174 valence electrons. The van der Waals surface area contributed by atoms with Crippen LogP contribution in [-0.2, 0) is 24.9 Å². The van der Waals surface area contributed by atoms with E-state index < -0.39 is 11.0 Å². The summed E-state index contributed by atoms with van der Waals surface area (Å²) in [5, 5.41) is 31.3. The lowest BCUT2D eigenvalue weighted by molar-refractivity contribution is -0.385. The average molecular weight is 454 g/mol. The molecule has 1 aromatic carbocycles. The Hall–Kier alpha value is -3.83. The Balaban J connectivity index is 1.62. The molecular weight excluding hydrogens is 426 g/mol. The SMILES string of the molecule is CCCn1nnnc1C(Nc1ccc(CN(C(C)=O)C2CC2)cc1)c1nn(C)cc1[N+](=O)[O-]. The van der Waals surface area contributed by atoms with E-state index in [0.717, 1.165) is 30.5 Å². The molecule has 3 aromatic rings. The number of aryl methyl sites for hydroxylation is 2. The summed E-state index contributed by atoms with van der Waals surface area (Å²) < 4.78 is 3.04. The minimum absolute atomic E-state index is 0.0741. The van der Waals surface area contributed by atoms with Crippen molar-refractivity contribution in [2.45, 2.75) is 58.3 Å². The highest BCUT2D eigenvalue weighted by atomic mass is 16.6. The van der Waals surface area contributed by atoms with Crippen molar-refractivity contribution in [3.8, 4) is 0 Å². The Morgan fingerprint density at radius 1 is 1.33 bits per heavy atom. The van der Waals surface area contributed by atoms with E-state index >= 15 is 0 Å². The molecule has 2 aromatic heterocycles. The van der Waals surface area contributed by atoms with E-state index in [1.165, 1.54) is 10.9 Å². The van der Waals surface area contributed by atoms with Gasteiger partial charge >= 0.3 is 5.69 Å². The Morgan fingerprint density at radius 2 is 2.06 bits per heavy atom. The summed E-state index contributed by atoms with van der Waals surface area (Å²) in [5.74, 6) is 0.518. The number of nitrogens with zero attached hydrogens (tertiary/aromatic N) is 8. The summed E-state index contributed by atoms with van der Waals surface area (Å²) in [5.41, 5.74) is 1.86. The lowest BCUT2D eigenvalue weighted by Gasteiger charge is -2.21. The number of hydrogen-bond acceptors (Lipinski definition) is 8. The van der Waals surface area contributed by atoms with Gasteiger partial charge in [-0.3, -0.25) is 19.6 Å². The first-order valence-corrected chi connectivity index (χ1v) is 10.9. The molecule has 1 unspecified atom stereocenters. The molecule has 0 aliphatic heterocycles. The molecule has 4 rings (SSSR count). The van der Waals surface area contributed by atoms with E-state index in [4.69, 9.17) is 0 Å². The standard InChI is InChI=1S/C21H27N9O3/c1-4-11-29-21(23-25-26-29)20(19-18(30(32)33)13-27(3)24-19)22-16-7-5-15(6-8-16)12-28(14(2)31)17-9-10-17/h5-8,13,17,20,22H,4,9-12H2,1-3H3. The number of tetrazole rings is 1. The second-order valence-corrected chi connectivity index (χ2v) is 8.24. The highest BCUT2D eigenvalue weighted by Crippen LogP contribution is 2.32. The lowest BCUT2D eigenvalue weighted by atomic mass is 10.1. The van der Waals surface area contributed by atoms with E-state index in [1.54, 1.807) is 18.7 Å². The van der Waals surface area contributed by atoms with Crippen LogP contribution in [0.4, 0.5) is 11.4 Å². The zero-order chi connectivity index (χ0) is 23.5. The summed E-state index contributed by atoms with van der Waals surface area (Å²) in [6.07, 6.45) is 4.28. The summed E-state index contributed by atoms with van der Waals surface area (Å²) in [7, 11) is 1.64. The van der Waals surface area contributed by atoms with Crippen molar-refractivity contribution in [3.05, 3.63) is 57.7 Å². The van der Waals surface area contributed by atoms with E-state index in [-0.39, 0.29) is 17.3 Å². The van der Waals surface area contributed by atoms with Gasteiger partial charge in [-0.25, -0.2) is 4.68 Å². The normalized spacial score (nSPS) is 14.2. The van der Waals surface area contributed by atoms with Crippen LogP contribution in [0.5, 0.6) is 0 Å². The smallest absolute Gasteiger partial charge is 0.312 e. The van der Waals surface area contributed by atoms with E-state index in [9.17, 15) is 14.9 Å². The monoisotopic (exact) mass is 453 g/mol. The topological polar surface area (TPSA) is 137 Å². The van der Waals surface area contributed by atoms with Crippen molar-refractivity contribution in [2.75, 3.05) is 5.32 Å². The molecule has 0 saturated heterocycles. The minimum atomic E-state index is -0.723. The van der Waals surface area contributed by atoms with E-state index in [1.807, 2.05) is 36.1 Å². The fourth-order valence-electron chi connectivity index (χ4n) is 3.84. The average Bonchev–Trinajstić information content (AvgIpc) is 3.38. The molecule has 12 heteroatoms. The lowest BCUT2D eigenvalue weighted by Crippen LogP contribution is -2.30. The largest absolute Gasteiger partial charge is 0.370 e. The Morgan fingerprint density at radius 3 is 2.67 bits per heavy atom. The van der Waals surface area contributed by atoms with Crippen molar-refractivity contribution >= 4 is 17.3 Å². The van der Waals surface area contributed by atoms with Crippen molar-refractivity contribution < 1.29 is 9.72 Å². The maximum absolute atomic E-state index is 11.9. The van der Waals surface area contributed by atoms with Crippen molar-refractivity contribution in [3.63, 3.8) is 0 Å². The van der Waals surface area contributed by atoms with Crippen LogP contribution in [0.1, 0.15) is 56.2 Å². The van der Waals surface area contributed by atoms with Crippen LogP contribution >= 0.6 is 0 Å². The number of benzene rings is 1. The van der Waals surface area contributed by atoms with Gasteiger partial charge in [-0.1, -0.05) is 19.1 Å². The van der Waals surface area contributed by atoms with Gasteiger partial charge in [-0.05, 0) is 47.4 Å². The molecule has 1 saturated carbocycles. The fraction of sp³-hybridized carbons (Fsp3) is 0.476. The van der Waals surface area contributed by atoms with Gasteiger partial charge in [0.25, 0.3) is 0 Å². The van der Waals surface area contributed by atoms with Crippen LogP contribution < -0.4 is 5.32 Å². The van der Waals surface area contributed by atoms with Crippen molar-refractivity contribution in [1.29, 1.82) is 0 Å². The van der Waals surface area contributed by atoms with Crippen LogP contribution in [0.2, 0.25) is 0 Å². The zero-order valence-electron chi connectivity index (χ0n) is 18.9. The van der Waals surface area contributed by atoms with E-state index in [0.29, 0.717) is 25.0 Å². The van der Waals surface area contributed by atoms with Gasteiger partial charge in [0, 0.05) is 38.8 Å². The van der Waals surface area contributed by atoms with Gasteiger partial charge in [0.05, 0.1) is 4.92 Å². The molecule has 0 spiro atoms. The number of rotatable bonds is 10. The maximum Gasteiger partial charge on any atom is 0.312 e. The first-order chi connectivity index (χ1) is 15.9. The van der Waals surface area contributed by atoms with Gasteiger partial charge in [-0.15, -0.1) is 5.10 Å². The van der Waals surface area contributed by atoms with Gasteiger partial charge < -0.3 is 10.2 Å². The number of carbonyl (C=O) groups is 1. The number of nitro groups is 1. The summed E-state index contributed by atoms with van der Waals surface area (Å²) in [6.45, 7) is 4.73. The molecule has 33 heavy (non-hydrogen) atoms. The number of hydrogen-bond donors (Lipinski definition) is 1. The van der Waals surface area contributed by atoms with Crippen molar-refractivity contribution in [1.82, 2.24) is 34.9 Å². The Kier molecular flexibility index (Phi) is 6.33. The molecule has 2 heterocycles. The number of carbonyl (C=O) groups excluding carboxylic acids is 1. The molecule has 12 nitrogen and oxygen atoms in total. The molecule has 1 fully saturated rings. The second-order valence-electron chi connectivity index (χ2n) is 8.24. The summed E-state index contributed by atoms with van der Waals surface area (Å²) in [4.78, 5) is 25.0. The molecule has 1 N–H and O–H groups in total.